The van der Waals surface area contributed by atoms with E-state index < -0.39 is 0 Å². The summed E-state index contributed by atoms with van der Waals surface area (Å²) in [4.78, 5) is 10.7. The number of amides is 1. The quantitative estimate of drug-likeness (QED) is 0.606. The van der Waals surface area contributed by atoms with Gasteiger partial charge >= 0.3 is 0 Å². The molecule has 0 aromatic rings. The standard InChI is InChI=1S/C7H14N2O.ClH/c1-7(4-8)3-2-6(10)9-5-7;/h2-5,8H2,1H3,(H,9,10);1H. The van der Waals surface area contributed by atoms with E-state index in [-0.39, 0.29) is 23.7 Å². The van der Waals surface area contributed by atoms with Gasteiger partial charge in [-0.1, -0.05) is 6.92 Å². The Morgan fingerprint density at radius 1 is 1.73 bits per heavy atom. The summed E-state index contributed by atoms with van der Waals surface area (Å²) in [5, 5.41) is 2.80. The van der Waals surface area contributed by atoms with Crippen LogP contribution in [0, 0.1) is 5.41 Å². The molecule has 1 saturated heterocycles. The van der Waals surface area contributed by atoms with Crippen molar-refractivity contribution in [2.24, 2.45) is 11.1 Å². The maximum absolute atomic E-state index is 10.7. The van der Waals surface area contributed by atoms with Gasteiger partial charge in [0.05, 0.1) is 0 Å². The smallest absolute Gasteiger partial charge is 0.220 e. The van der Waals surface area contributed by atoms with Crippen molar-refractivity contribution in [3.63, 3.8) is 0 Å². The molecule has 11 heavy (non-hydrogen) atoms. The Morgan fingerprint density at radius 3 is 2.73 bits per heavy atom. The number of carbonyl (C=O) groups excluding carboxylic acids is 1. The van der Waals surface area contributed by atoms with E-state index in [9.17, 15) is 4.79 Å². The minimum absolute atomic E-state index is 0. The highest BCUT2D eigenvalue weighted by Gasteiger charge is 2.27. The van der Waals surface area contributed by atoms with Gasteiger partial charge in [0.15, 0.2) is 0 Å². The van der Waals surface area contributed by atoms with Crippen LogP contribution in [0.1, 0.15) is 19.8 Å². The van der Waals surface area contributed by atoms with E-state index in [1.165, 1.54) is 0 Å². The van der Waals surface area contributed by atoms with Gasteiger partial charge in [-0.3, -0.25) is 4.79 Å². The molecule has 1 heterocycles. The van der Waals surface area contributed by atoms with E-state index >= 15 is 0 Å². The summed E-state index contributed by atoms with van der Waals surface area (Å²) in [5.41, 5.74) is 5.68. The Labute approximate surface area is 73.1 Å². The zero-order chi connectivity index (χ0) is 7.61. The number of carbonyl (C=O) groups is 1. The molecule has 3 nitrogen and oxygen atoms in total. The number of hydrogen-bond donors (Lipinski definition) is 2. The van der Waals surface area contributed by atoms with Crippen LogP contribution in [-0.2, 0) is 4.79 Å². The summed E-state index contributed by atoms with van der Waals surface area (Å²) >= 11 is 0. The first-order valence-corrected chi connectivity index (χ1v) is 3.63. The highest BCUT2D eigenvalue weighted by atomic mass is 35.5. The molecule has 3 N–H and O–H groups in total. The van der Waals surface area contributed by atoms with Crippen LogP contribution in [0.5, 0.6) is 0 Å². The topological polar surface area (TPSA) is 55.1 Å². The first-order valence-electron chi connectivity index (χ1n) is 3.63. The molecule has 1 amide bonds. The molecule has 0 bridgehead atoms. The summed E-state index contributed by atoms with van der Waals surface area (Å²) in [7, 11) is 0. The lowest BCUT2D eigenvalue weighted by molar-refractivity contribution is -0.124. The average molecular weight is 179 g/mol. The van der Waals surface area contributed by atoms with Crippen LogP contribution < -0.4 is 11.1 Å². The van der Waals surface area contributed by atoms with Gasteiger partial charge in [0.2, 0.25) is 5.91 Å². The third kappa shape index (κ3) is 2.67. The maximum atomic E-state index is 10.7. The van der Waals surface area contributed by atoms with E-state index in [2.05, 4.69) is 12.2 Å². The van der Waals surface area contributed by atoms with E-state index in [0.717, 1.165) is 13.0 Å². The van der Waals surface area contributed by atoms with Crippen LogP contribution >= 0.6 is 12.4 Å². The predicted molar refractivity (Wildman–Crippen MR) is 46.7 cm³/mol. The number of nitrogens with one attached hydrogen (secondary N) is 1. The first kappa shape index (κ1) is 10.7. The predicted octanol–water partition coefficient (Wildman–Crippen LogP) is 0.283. The van der Waals surface area contributed by atoms with Crippen molar-refractivity contribution in [3.05, 3.63) is 0 Å². The highest BCUT2D eigenvalue weighted by Crippen LogP contribution is 2.23. The van der Waals surface area contributed by atoms with Gasteiger partial charge in [-0.05, 0) is 18.4 Å². The number of hydrogen-bond acceptors (Lipinski definition) is 2. The van der Waals surface area contributed by atoms with E-state index in [0.29, 0.717) is 13.0 Å². The summed E-state index contributed by atoms with van der Waals surface area (Å²) < 4.78 is 0. The Balaban J connectivity index is 0.000001000. The van der Waals surface area contributed by atoms with Gasteiger partial charge in [-0.25, -0.2) is 0 Å². The molecule has 66 valence electrons. The number of rotatable bonds is 1. The van der Waals surface area contributed by atoms with Crippen molar-refractivity contribution in [1.29, 1.82) is 0 Å². The monoisotopic (exact) mass is 178 g/mol. The molecule has 1 aliphatic rings. The Kier molecular flexibility index (Phi) is 3.83. The van der Waals surface area contributed by atoms with Crippen molar-refractivity contribution in [2.45, 2.75) is 19.8 Å². The maximum Gasteiger partial charge on any atom is 0.220 e. The van der Waals surface area contributed by atoms with Crippen LogP contribution in [0.2, 0.25) is 0 Å². The second-order valence-electron chi connectivity index (χ2n) is 3.29. The molecular weight excluding hydrogens is 164 g/mol. The number of piperidine rings is 1. The van der Waals surface area contributed by atoms with Crippen molar-refractivity contribution in [1.82, 2.24) is 5.32 Å². The van der Waals surface area contributed by atoms with Crippen LogP contribution in [0.15, 0.2) is 0 Å². The lowest BCUT2D eigenvalue weighted by Crippen LogP contribution is -2.45. The zero-order valence-corrected chi connectivity index (χ0v) is 7.54. The Hall–Kier alpha value is -0.280. The van der Waals surface area contributed by atoms with Crippen molar-refractivity contribution >= 4 is 18.3 Å². The van der Waals surface area contributed by atoms with Gasteiger partial charge in [0.25, 0.3) is 0 Å². The van der Waals surface area contributed by atoms with Gasteiger partial charge < -0.3 is 11.1 Å². The largest absolute Gasteiger partial charge is 0.356 e. The van der Waals surface area contributed by atoms with Gasteiger partial charge in [0.1, 0.15) is 0 Å². The molecule has 0 spiro atoms. The van der Waals surface area contributed by atoms with Crippen LogP contribution in [0.4, 0.5) is 0 Å². The minimum Gasteiger partial charge on any atom is -0.356 e. The van der Waals surface area contributed by atoms with E-state index in [4.69, 9.17) is 5.73 Å². The van der Waals surface area contributed by atoms with Crippen molar-refractivity contribution in [3.8, 4) is 0 Å². The molecule has 0 radical (unpaired) electrons. The lowest BCUT2D eigenvalue weighted by Gasteiger charge is -2.31. The number of halogens is 1. The Bertz CT molecular complexity index is 139. The highest BCUT2D eigenvalue weighted by molar-refractivity contribution is 5.85. The minimum atomic E-state index is 0. The second kappa shape index (κ2) is 3.93. The molecule has 4 heteroatoms. The number of nitrogens with two attached hydrogens (primary N) is 1. The molecule has 1 fully saturated rings. The van der Waals surface area contributed by atoms with Gasteiger partial charge in [-0.15, -0.1) is 12.4 Å². The van der Waals surface area contributed by atoms with Crippen LogP contribution in [-0.4, -0.2) is 19.0 Å². The molecular formula is C7H15ClN2O. The van der Waals surface area contributed by atoms with Gasteiger partial charge in [-0.2, -0.15) is 0 Å². The molecule has 1 unspecified atom stereocenters. The zero-order valence-electron chi connectivity index (χ0n) is 6.72. The molecule has 0 aromatic heterocycles. The van der Waals surface area contributed by atoms with Gasteiger partial charge in [0, 0.05) is 13.0 Å². The summed E-state index contributed by atoms with van der Waals surface area (Å²) in [6, 6.07) is 0. The van der Waals surface area contributed by atoms with Crippen molar-refractivity contribution in [2.75, 3.05) is 13.1 Å². The SMILES string of the molecule is CC1(CN)CCC(=O)NC1.Cl. The lowest BCUT2D eigenvalue weighted by atomic mass is 9.83. The molecule has 1 rings (SSSR count). The third-order valence-electron chi connectivity index (χ3n) is 2.16. The average Bonchev–Trinajstić information content (AvgIpc) is 1.96. The molecule has 0 aromatic carbocycles. The van der Waals surface area contributed by atoms with Crippen LogP contribution in [0.25, 0.3) is 0 Å². The normalized spacial score (nSPS) is 30.5. The van der Waals surface area contributed by atoms with E-state index in [1.807, 2.05) is 0 Å². The second-order valence-corrected chi connectivity index (χ2v) is 3.29. The summed E-state index contributed by atoms with van der Waals surface area (Å²) in [6.07, 6.45) is 1.56. The summed E-state index contributed by atoms with van der Waals surface area (Å²) in [5.74, 6) is 0.158. The summed E-state index contributed by atoms with van der Waals surface area (Å²) in [6.45, 7) is 3.50. The van der Waals surface area contributed by atoms with Crippen LogP contribution in [0.3, 0.4) is 0 Å². The Morgan fingerprint density at radius 2 is 2.36 bits per heavy atom. The fraction of sp³-hybridized carbons (Fsp3) is 0.857. The third-order valence-corrected chi connectivity index (χ3v) is 2.16. The van der Waals surface area contributed by atoms with E-state index in [1.54, 1.807) is 0 Å². The fourth-order valence-corrected chi connectivity index (χ4v) is 1.08. The molecule has 0 saturated carbocycles. The molecule has 1 atom stereocenters. The van der Waals surface area contributed by atoms with Crippen molar-refractivity contribution < 1.29 is 4.79 Å². The molecule has 1 aliphatic heterocycles. The fourth-order valence-electron chi connectivity index (χ4n) is 1.08. The first-order chi connectivity index (χ1) is 4.66. The molecule has 0 aliphatic carbocycles.